The number of hydrogen-bond acceptors (Lipinski definition) is 8. The number of halogens is 3. The van der Waals surface area contributed by atoms with Crippen LogP contribution in [0.4, 0.5) is 30.5 Å². The number of thiazole rings is 1. The Morgan fingerprint density at radius 1 is 0.875 bits per heavy atom. The van der Waals surface area contributed by atoms with E-state index in [2.05, 4.69) is 20.3 Å². The molecular formula is C27H20F3N5O3S2. The zero-order chi connectivity index (χ0) is 28.3. The van der Waals surface area contributed by atoms with Gasteiger partial charge in [0.25, 0.3) is 10.0 Å². The normalized spacial score (nSPS) is 11.4. The third-order valence-electron chi connectivity index (χ3n) is 5.60. The molecule has 2 heterocycles. The molecule has 0 saturated heterocycles. The highest BCUT2D eigenvalue weighted by atomic mass is 32.2. The second-order valence-electron chi connectivity index (χ2n) is 8.34. The molecular weight excluding hydrogens is 563 g/mol. The summed E-state index contributed by atoms with van der Waals surface area (Å²) in [6.07, 6.45) is 1.71. The van der Waals surface area contributed by atoms with E-state index in [1.54, 1.807) is 6.07 Å². The molecule has 0 aliphatic rings. The van der Waals surface area contributed by atoms with Crippen LogP contribution in [0.5, 0.6) is 0 Å². The Morgan fingerprint density at radius 3 is 2.33 bits per heavy atom. The van der Waals surface area contributed by atoms with Crippen molar-refractivity contribution < 1.29 is 26.7 Å². The van der Waals surface area contributed by atoms with E-state index in [4.69, 9.17) is 0 Å². The molecule has 0 amide bonds. The van der Waals surface area contributed by atoms with E-state index >= 15 is 4.39 Å². The molecule has 0 fully saturated rings. The molecule has 8 nitrogen and oxygen atoms in total. The van der Waals surface area contributed by atoms with Crippen LogP contribution in [0.2, 0.25) is 0 Å². The summed E-state index contributed by atoms with van der Waals surface area (Å²) in [6.45, 7) is -0.201. The summed E-state index contributed by atoms with van der Waals surface area (Å²) in [5.41, 5.74) is 0.692. The highest BCUT2D eigenvalue weighted by molar-refractivity contribution is 7.92. The molecule has 0 atom stereocenters. The van der Waals surface area contributed by atoms with E-state index in [9.17, 15) is 22.3 Å². The summed E-state index contributed by atoms with van der Waals surface area (Å²) in [5, 5.41) is 13.0. The Kier molecular flexibility index (Phi) is 7.78. The van der Waals surface area contributed by atoms with Gasteiger partial charge >= 0.3 is 0 Å². The molecule has 0 spiro atoms. The van der Waals surface area contributed by atoms with E-state index in [-0.39, 0.29) is 30.2 Å². The van der Waals surface area contributed by atoms with Gasteiger partial charge in [-0.2, -0.15) is 0 Å². The topological polar surface area (TPSA) is 117 Å². The first kappa shape index (κ1) is 27.2. The third kappa shape index (κ3) is 5.66. The Hall–Kier alpha value is -4.33. The second kappa shape index (κ2) is 11.4. The predicted octanol–water partition coefficient (Wildman–Crippen LogP) is 5.76. The van der Waals surface area contributed by atoms with Crippen molar-refractivity contribution >= 4 is 38.7 Å². The van der Waals surface area contributed by atoms with Crippen LogP contribution in [0, 0.1) is 17.5 Å². The first-order valence-corrected chi connectivity index (χ1v) is 14.1. The first-order valence-electron chi connectivity index (χ1n) is 11.8. The molecule has 3 N–H and O–H groups in total. The number of para-hydroxylation sites is 1. The molecule has 2 aromatic heterocycles. The fourth-order valence-corrected chi connectivity index (χ4v) is 6.08. The number of anilines is 3. The standard InChI is InChI=1S/C27H20F3N5O3S2/c28-18-9-5-10-19(29)26(18)40(37,38)35-20-11-4-8-17(23(20)30)24-25(39-22(34-24)13-15-36)21-12-14-31-27(33-21)32-16-6-2-1-3-7-16/h1-12,14,35-36H,13,15H2,(H,31,32,33). The molecule has 3 aromatic carbocycles. The first-order chi connectivity index (χ1) is 19.3. The van der Waals surface area contributed by atoms with Gasteiger partial charge in [-0.15, -0.1) is 11.3 Å². The van der Waals surface area contributed by atoms with Crippen molar-refractivity contribution in [1.82, 2.24) is 15.0 Å². The van der Waals surface area contributed by atoms with Crippen LogP contribution in [0.25, 0.3) is 21.8 Å². The Labute approximate surface area is 231 Å². The molecule has 0 aliphatic carbocycles. The van der Waals surface area contributed by atoms with Crippen molar-refractivity contribution in [2.45, 2.75) is 11.3 Å². The zero-order valence-electron chi connectivity index (χ0n) is 20.5. The average Bonchev–Trinajstić information content (AvgIpc) is 3.34. The van der Waals surface area contributed by atoms with Crippen LogP contribution >= 0.6 is 11.3 Å². The van der Waals surface area contributed by atoms with E-state index in [0.717, 1.165) is 30.0 Å². The SMILES string of the molecule is O=S(=O)(Nc1cccc(-c2nc(CCO)sc2-c2ccnc(Nc3ccccc3)n2)c1F)c1c(F)cccc1F. The van der Waals surface area contributed by atoms with Gasteiger partial charge in [-0.25, -0.2) is 36.5 Å². The molecule has 0 unspecified atom stereocenters. The number of aliphatic hydroxyl groups is 1. The molecule has 0 aliphatic heterocycles. The summed E-state index contributed by atoms with van der Waals surface area (Å²) in [5.74, 6) is -3.37. The van der Waals surface area contributed by atoms with Crippen molar-refractivity contribution in [2.24, 2.45) is 0 Å². The maximum Gasteiger partial charge on any atom is 0.267 e. The number of sulfonamides is 1. The van der Waals surface area contributed by atoms with Gasteiger partial charge in [-0.05, 0) is 42.5 Å². The quantitative estimate of drug-likeness (QED) is 0.202. The fraction of sp³-hybridized carbons (Fsp3) is 0.0741. The lowest BCUT2D eigenvalue weighted by Crippen LogP contribution is -2.17. The Morgan fingerprint density at radius 2 is 1.60 bits per heavy atom. The number of nitrogens with zero attached hydrogens (tertiary/aromatic N) is 3. The lowest BCUT2D eigenvalue weighted by Gasteiger charge is -2.12. The van der Waals surface area contributed by atoms with Crippen molar-refractivity contribution in [3.05, 3.63) is 101 Å². The van der Waals surface area contributed by atoms with Crippen molar-refractivity contribution in [2.75, 3.05) is 16.6 Å². The number of aromatic nitrogens is 3. The van der Waals surface area contributed by atoms with Crippen molar-refractivity contribution in [3.63, 3.8) is 0 Å². The number of benzene rings is 3. The van der Waals surface area contributed by atoms with Gasteiger partial charge in [0.15, 0.2) is 10.7 Å². The summed E-state index contributed by atoms with van der Waals surface area (Å²) < 4.78 is 71.7. The van der Waals surface area contributed by atoms with Gasteiger partial charge in [0.1, 0.15) is 11.6 Å². The zero-order valence-corrected chi connectivity index (χ0v) is 22.1. The van der Waals surface area contributed by atoms with E-state index < -0.39 is 38.1 Å². The Balaban J connectivity index is 1.55. The summed E-state index contributed by atoms with van der Waals surface area (Å²) in [6, 6.07) is 17.3. The van der Waals surface area contributed by atoms with Gasteiger partial charge < -0.3 is 10.4 Å². The van der Waals surface area contributed by atoms with Gasteiger partial charge in [-0.1, -0.05) is 30.3 Å². The summed E-state index contributed by atoms with van der Waals surface area (Å²) in [4.78, 5) is 12.5. The number of nitrogens with one attached hydrogen (secondary N) is 2. The molecule has 204 valence electrons. The molecule has 13 heteroatoms. The van der Waals surface area contributed by atoms with Gasteiger partial charge in [0, 0.05) is 30.5 Å². The third-order valence-corrected chi connectivity index (χ3v) is 8.15. The van der Waals surface area contributed by atoms with Gasteiger partial charge in [-0.3, -0.25) is 4.72 Å². The van der Waals surface area contributed by atoms with Crippen LogP contribution in [0.1, 0.15) is 5.01 Å². The van der Waals surface area contributed by atoms with E-state index in [1.807, 2.05) is 35.1 Å². The fourth-order valence-electron chi connectivity index (χ4n) is 3.85. The largest absolute Gasteiger partial charge is 0.396 e. The van der Waals surface area contributed by atoms with Gasteiger partial charge in [0.05, 0.1) is 27.0 Å². The number of aliphatic hydroxyl groups excluding tert-OH is 1. The van der Waals surface area contributed by atoms with Crippen LogP contribution in [-0.2, 0) is 16.4 Å². The van der Waals surface area contributed by atoms with E-state index in [0.29, 0.717) is 15.6 Å². The molecule has 40 heavy (non-hydrogen) atoms. The highest BCUT2D eigenvalue weighted by Crippen LogP contribution is 2.39. The van der Waals surface area contributed by atoms with Crippen LogP contribution in [-0.4, -0.2) is 35.1 Å². The smallest absolute Gasteiger partial charge is 0.267 e. The van der Waals surface area contributed by atoms with Crippen LogP contribution in [0.3, 0.4) is 0 Å². The lowest BCUT2D eigenvalue weighted by atomic mass is 10.1. The second-order valence-corrected chi connectivity index (χ2v) is 11.0. The minimum Gasteiger partial charge on any atom is -0.396 e. The molecule has 5 aromatic rings. The van der Waals surface area contributed by atoms with Crippen LogP contribution in [0.15, 0.2) is 83.9 Å². The Bertz CT molecular complexity index is 1760. The van der Waals surface area contributed by atoms with E-state index in [1.165, 1.54) is 29.7 Å². The highest BCUT2D eigenvalue weighted by Gasteiger charge is 2.27. The van der Waals surface area contributed by atoms with Gasteiger partial charge in [0.2, 0.25) is 5.95 Å². The minimum atomic E-state index is -4.82. The maximum absolute atomic E-state index is 15.8. The van der Waals surface area contributed by atoms with Crippen molar-refractivity contribution in [3.8, 4) is 21.8 Å². The van der Waals surface area contributed by atoms with Crippen LogP contribution < -0.4 is 10.0 Å². The number of rotatable bonds is 9. The molecule has 0 bridgehead atoms. The monoisotopic (exact) mass is 583 g/mol. The lowest BCUT2D eigenvalue weighted by molar-refractivity contribution is 0.299. The molecule has 0 saturated carbocycles. The average molecular weight is 584 g/mol. The molecule has 0 radical (unpaired) electrons. The minimum absolute atomic E-state index is 0.0826. The summed E-state index contributed by atoms with van der Waals surface area (Å²) >= 11 is 1.18. The summed E-state index contributed by atoms with van der Waals surface area (Å²) in [7, 11) is -4.82. The predicted molar refractivity (Wildman–Crippen MR) is 146 cm³/mol. The molecule has 5 rings (SSSR count). The maximum atomic E-state index is 15.8. The van der Waals surface area contributed by atoms with Crippen molar-refractivity contribution in [1.29, 1.82) is 0 Å². The number of hydrogen-bond donors (Lipinski definition) is 3.